The molecule has 1 aliphatic rings. The molecule has 0 N–H and O–H groups in total. The van der Waals surface area contributed by atoms with Crippen LogP contribution in [-0.4, -0.2) is 54.1 Å². The lowest BCUT2D eigenvalue weighted by Gasteiger charge is -2.27. The van der Waals surface area contributed by atoms with Gasteiger partial charge in [-0.1, -0.05) is 0 Å². The Kier molecular flexibility index (Phi) is 6.76. The second-order valence-electron chi connectivity index (χ2n) is 7.15. The minimum atomic E-state index is -0.981. The fourth-order valence-electron chi connectivity index (χ4n) is 3.82. The third-order valence-electron chi connectivity index (χ3n) is 5.36. The van der Waals surface area contributed by atoms with Crippen LogP contribution in [0.15, 0.2) is 35.3 Å². The number of carbonyl (C=O) groups excluding carboxylic acids is 2. The maximum atomic E-state index is 13.1. The highest BCUT2D eigenvalue weighted by molar-refractivity contribution is 5.89. The summed E-state index contributed by atoms with van der Waals surface area (Å²) in [6.07, 6.45) is 2.50. The molecule has 11 heteroatoms. The number of esters is 1. The molecule has 0 radical (unpaired) electrons. The molecule has 1 amide bonds. The van der Waals surface area contributed by atoms with E-state index >= 15 is 0 Å². The smallest absolute Gasteiger partial charge is 0.339 e. The van der Waals surface area contributed by atoms with E-state index in [1.165, 1.54) is 14.2 Å². The molecule has 170 valence electrons. The Morgan fingerprint density at radius 1 is 1.19 bits per heavy atom. The maximum absolute atomic E-state index is 13.1. The largest absolute Gasteiger partial charge is 0.497 e. The Hall–Kier alpha value is -3.89. The number of aromatic nitrogens is 1. The molecule has 3 rings (SSSR count). The van der Waals surface area contributed by atoms with E-state index in [2.05, 4.69) is 4.74 Å². The van der Waals surface area contributed by atoms with Crippen LogP contribution in [0.5, 0.6) is 11.5 Å². The van der Waals surface area contributed by atoms with Gasteiger partial charge < -0.3 is 19.1 Å². The number of nitrogens with zero attached hydrogens (tertiary/aromatic N) is 3. The van der Waals surface area contributed by atoms with Gasteiger partial charge in [0.1, 0.15) is 18.0 Å². The summed E-state index contributed by atoms with van der Waals surface area (Å²) >= 11 is 0. The average Bonchev–Trinajstić information content (AvgIpc) is 3.29. The Bertz CT molecular complexity index is 1110. The van der Waals surface area contributed by atoms with E-state index in [-0.39, 0.29) is 11.6 Å². The number of hydrogen-bond acceptors (Lipinski definition) is 8. The van der Waals surface area contributed by atoms with Gasteiger partial charge in [-0.25, -0.2) is 4.79 Å². The van der Waals surface area contributed by atoms with Crippen LogP contribution in [-0.2, 0) is 16.1 Å². The SMILES string of the molecule is COC(=O)c1cc([N+](=O)[O-])c(=O)n(CC(=O)N2CCCC2c2cc(OC)ccc2OC)c1. The van der Waals surface area contributed by atoms with Crippen LogP contribution in [0.4, 0.5) is 5.69 Å². The highest BCUT2D eigenvalue weighted by Crippen LogP contribution is 2.39. The van der Waals surface area contributed by atoms with Crippen LogP contribution in [0.3, 0.4) is 0 Å². The summed E-state index contributed by atoms with van der Waals surface area (Å²) in [5.74, 6) is -0.0704. The normalized spacial score (nSPS) is 15.3. The van der Waals surface area contributed by atoms with E-state index in [0.717, 1.165) is 35.9 Å². The van der Waals surface area contributed by atoms with Gasteiger partial charge in [0.25, 0.3) is 0 Å². The van der Waals surface area contributed by atoms with Crippen molar-refractivity contribution in [2.45, 2.75) is 25.4 Å². The zero-order valence-electron chi connectivity index (χ0n) is 17.9. The van der Waals surface area contributed by atoms with Gasteiger partial charge in [0.05, 0.1) is 37.9 Å². The van der Waals surface area contributed by atoms with E-state index in [4.69, 9.17) is 9.47 Å². The number of ether oxygens (including phenoxy) is 3. The fraction of sp³-hybridized carbons (Fsp3) is 0.381. The molecule has 1 saturated heterocycles. The Morgan fingerprint density at radius 2 is 1.94 bits per heavy atom. The van der Waals surface area contributed by atoms with Gasteiger partial charge in [0.15, 0.2) is 0 Å². The molecule has 1 fully saturated rings. The molecule has 32 heavy (non-hydrogen) atoms. The Labute approximate surface area is 183 Å². The molecular weight excluding hydrogens is 422 g/mol. The third-order valence-corrected chi connectivity index (χ3v) is 5.36. The summed E-state index contributed by atoms with van der Waals surface area (Å²) < 4.78 is 16.2. The first kappa shape index (κ1) is 22.8. The summed E-state index contributed by atoms with van der Waals surface area (Å²) in [4.78, 5) is 49.5. The van der Waals surface area contributed by atoms with Crippen LogP contribution in [0.1, 0.15) is 34.8 Å². The number of pyridine rings is 1. The summed E-state index contributed by atoms with van der Waals surface area (Å²) in [6.45, 7) is -0.0231. The molecule has 0 saturated carbocycles. The molecule has 1 atom stereocenters. The van der Waals surface area contributed by atoms with Crippen molar-refractivity contribution >= 4 is 17.6 Å². The van der Waals surface area contributed by atoms with E-state index in [9.17, 15) is 24.5 Å². The van der Waals surface area contributed by atoms with E-state index < -0.39 is 34.6 Å². The number of rotatable bonds is 7. The van der Waals surface area contributed by atoms with Gasteiger partial charge in [0, 0.05) is 24.4 Å². The maximum Gasteiger partial charge on any atom is 0.339 e. The fourth-order valence-corrected chi connectivity index (χ4v) is 3.82. The van der Waals surface area contributed by atoms with Crippen molar-refractivity contribution in [3.8, 4) is 11.5 Å². The summed E-state index contributed by atoms with van der Waals surface area (Å²) in [5.41, 5.74) is -1.22. The minimum Gasteiger partial charge on any atom is -0.497 e. The highest BCUT2D eigenvalue weighted by atomic mass is 16.6. The van der Waals surface area contributed by atoms with Crippen LogP contribution < -0.4 is 15.0 Å². The highest BCUT2D eigenvalue weighted by Gasteiger charge is 2.33. The predicted octanol–water partition coefficient (Wildman–Crippen LogP) is 1.92. The number of nitro groups is 1. The molecule has 2 heterocycles. The standard InChI is InChI=1S/C21H23N3O8/c1-30-14-6-7-18(31-2)15(10-14)16-5-4-8-23(16)19(25)12-22-11-13(21(27)32-3)9-17(20(22)26)24(28)29/h6-7,9-11,16H,4-5,8,12H2,1-3H3. The molecule has 11 nitrogen and oxygen atoms in total. The van der Waals surface area contributed by atoms with Crippen molar-refractivity contribution in [1.82, 2.24) is 9.47 Å². The van der Waals surface area contributed by atoms with Gasteiger partial charge >= 0.3 is 17.2 Å². The van der Waals surface area contributed by atoms with Gasteiger partial charge in [-0.05, 0) is 31.0 Å². The number of benzene rings is 1. The van der Waals surface area contributed by atoms with E-state index in [1.807, 2.05) is 0 Å². The van der Waals surface area contributed by atoms with E-state index in [0.29, 0.717) is 24.5 Å². The van der Waals surface area contributed by atoms with Crippen molar-refractivity contribution in [2.24, 2.45) is 0 Å². The third kappa shape index (κ3) is 4.41. The number of methoxy groups -OCH3 is 3. The van der Waals surface area contributed by atoms with Gasteiger partial charge in [-0.15, -0.1) is 0 Å². The lowest BCUT2D eigenvalue weighted by atomic mass is 10.0. The first-order chi connectivity index (χ1) is 15.3. The molecule has 1 aromatic heterocycles. The number of amides is 1. The quantitative estimate of drug-likeness (QED) is 0.359. The van der Waals surface area contributed by atoms with Crippen LogP contribution >= 0.6 is 0 Å². The monoisotopic (exact) mass is 445 g/mol. The van der Waals surface area contributed by atoms with Crippen LogP contribution in [0, 0.1) is 10.1 Å². The molecule has 1 aliphatic heterocycles. The second kappa shape index (κ2) is 9.50. The van der Waals surface area contributed by atoms with Gasteiger partial charge in [-0.3, -0.25) is 24.3 Å². The zero-order chi connectivity index (χ0) is 23.4. The zero-order valence-corrected chi connectivity index (χ0v) is 17.9. The Morgan fingerprint density at radius 3 is 2.56 bits per heavy atom. The number of carbonyl (C=O) groups is 2. The second-order valence-corrected chi connectivity index (χ2v) is 7.15. The van der Waals surface area contributed by atoms with Crippen molar-refractivity contribution in [2.75, 3.05) is 27.9 Å². The molecule has 0 aliphatic carbocycles. The molecule has 2 aromatic rings. The first-order valence-corrected chi connectivity index (χ1v) is 9.79. The minimum absolute atomic E-state index is 0.195. The molecular formula is C21H23N3O8. The summed E-state index contributed by atoms with van der Waals surface area (Å²) in [5, 5.41) is 11.3. The van der Waals surface area contributed by atoms with Crippen LogP contribution in [0.2, 0.25) is 0 Å². The Balaban J connectivity index is 1.95. The van der Waals surface area contributed by atoms with Gasteiger partial charge in [0.2, 0.25) is 5.91 Å². The predicted molar refractivity (Wildman–Crippen MR) is 112 cm³/mol. The van der Waals surface area contributed by atoms with Crippen molar-refractivity contribution < 1.29 is 28.7 Å². The number of hydrogen-bond donors (Lipinski definition) is 0. The van der Waals surface area contributed by atoms with Crippen molar-refractivity contribution in [3.63, 3.8) is 0 Å². The molecule has 0 bridgehead atoms. The van der Waals surface area contributed by atoms with Crippen molar-refractivity contribution in [1.29, 1.82) is 0 Å². The molecule has 0 spiro atoms. The topological polar surface area (TPSA) is 130 Å². The first-order valence-electron chi connectivity index (χ1n) is 9.79. The molecule has 1 aromatic carbocycles. The summed E-state index contributed by atoms with van der Waals surface area (Å²) in [6, 6.07) is 5.82. The summed E-state index contributed by atoms with van der Waals surface area (Å²) in [7, 11) is 4.19. The lowest BCUT2D eigenvalue weighted by molar-refractivity contribution is -0.386. The number of likely N-dealkylation sites (tertiary alicyclic amines) is 1. The van der Waals surface area contributed by atoms with Crippen molar-refractivity contribution in [3.05, 3.63) is 62.1 Å². The van der Waals surface area contributed by atoms with E-state index in [1.54, 1.807) is 23.1 Å². The van der Waals surface area contributed by atoms with Gasteiger partial charge in [-0.2, -0.15) is 0 Å². The average molecular weight is 445 g/mol. The van der Waals surface area contributed by atoms with Crippen LogP contribution in [0.25, 0.3) is 0 Å². The lowest BCUT2D eigenvalue weighted by Crippen LogP contribution is -2.36. The molecule has 1 unspecified atom stereocenters.